The molecule has 1 aromatic heterocycles. The Morgan fingerprint density at radius 1 is 1.26 bits per heavy atom. The molecule has 0 saturated carbocycles. The zero-order chi connectivity index (χ0) is 18.6. The first-order valence-corrected chi connectivity index (χ1v) is 9.32. The van der Waals surface area contributed by atoms with Crippen molar-refractivity contribution in [3.63, 3.8) is 0 Å². The molecule has 2 fully saturated rings. The first-order chi connectivity index (χ1) is 13.2. The molecule has 3 heterocycles. The number of nitrogens with one attached hydrogen (secondary N) is 1. The van der Waals surface area contributed by atoms with E-state index in [2.05, 4.69) is 5.32 Å². The summed E-state index contributed by atoms with van der Waals surface area (Å²) >= 11 is 5.29. The van der Waals surface area contributed by atoms with E-state index < -0.39 is 0 Å². The van der Waals surface area contributed by atoms with Crippen molar-refractivity contribution >= 4 is 29.3 Å². The molecular weight excluding hydrogens is 364 g/mol. The number of carbonyl (C=O) groups excluding carboxylic acids is 1. The Labute approximate surface area is 162 Å². The molecule has 0 aliphatic carbocycles. The van der Waals surface area contributed by atoms with E-state index in [0.29, 0.717) is 35.5 Å². The van der Waals surface area contributed by atoms with Crippen LogP contribution in [0.5, 0.6) is 5.75 Å². The van der Waals surface area contributed by atoms with E-state index in [9.17, 15) is 4.79 Å². The number of thiocarbonyl (C=S) groups is 1. The van der Waals surface area contributed by atoms with E-state index in [-0.39, 0.29) is 12.0 Å². The Hall–Kier alpha value is -2.64. The SMILES string of the molecule is O=C1/C(=C\c2ccc(COc3ccccc3)o2)NC(=S)N1C[C@@H]1CCCO1. The number of rotatable bonds is 6. The second kappa shape index (κ2) is 7.94. The van der Waals surface area contributed by atoms with Gasteiger partial charge in [-0.05, 0) is 49.3 Å². The zero-order valence-corrected chi connectivity index (χ0v) is 15.5. The van der Waals surface area contributed by atoms with E-state index in [1.165, 1.54) is 0 Å². The van der Waals surface area contributed by atoms with Crippen LogP contribution < -0.4 is 10.1 Å². The number of nitrogens with zero attached hydrogens (tertiary/aromatic N) is 1. The molecule has 2 aliphatic rings. The standard InChI is InChI=1S/C20H20N2O4S/c23-19-18(21-20(27)22(19)12-16-7-4-10-24-16)11-15-8-9-17(26-15)13-25-14-5-2-1-3-6-14/h1-3,5-6,8-9,11,16H,4,7,10,12-13H2,(H,21,27)/b18-11+/t16-/m0/s1. The van der Waals surface area contributed by atoms with Gasteiger partial charge < -0.3 is 19.2 Å². The van der Waals surface area contributed by atoms with Crippen molar-refractivity contribution in [3.05, 3.63) is 59.7 Å². The highest BCUT2D eigenvalue weighted by atomic mass is 32.1. The van der Waals surface area contributed by atoms with E-state index in [1.807, 2.05) is 36.4 Å². The summed E-state index contributed by atoms with van der Waals surface area (Å²) in [6, 6.07) is 13.2. The number of hydrogen-bond acceptors (Lipinski definition) is 5. The molecule has 2 aromatic rings. The summed E-state index contributed by atoms with van der Waals surface area (Å²) in [5.41, 5.74) is 0.405. The Kier molecular flexibility index (Phi) is 5.22. The molecule has 1 aromatic carbocycles. The molecule has 4 rings (SSSR count). The first kappa shape index (κ1) is 17.8. The lowest BCUT2D eigenvalue weighted by Crippen LogP contribution is -2.37. The van der Waals surface area contributed by atoms with Crippen molar-refractivity contribution in [3.8, 4) is 5.75 Å². The maximum absolute atomic E-state index is 12.6. The molecule has 2 aliphatic heterocycles. The highest BCUT2D eigenvalue weighted by Crippen LogP contribution is 2.20. The zero-order valence-electron chi connectivity index (χ0n) is 14.7. The number of carbonyl (C=O) groups is 1. The summed E-state index contributed by atoms with van der Waals surface area (Å²) in [6.45, 7) is 1.55. The van der Waals surface area contributed by atoms with Gasteiger partial charge in [0.2, 0.25) is 0 Å². The lowest BCUT2D eigenvalue weighted by Gasteiger charge is -2.18. The van der Waals surface area contributed by atoms with Gasteiger partial charge in [-0.15, -0.1) is 0 Å². The summed E-state index contributed by atoms with van der Waals surface area (Å²) in [5.74, 6) is 1.86. The van der Waals surface area contributed by atoms with Crippen molar-refractivity contribution in [2.75, 3.05) is 13.2 Å². The van der Waals surface area contributed by atoms with Gasteiger partial charge >= 0.3 is 0 Å². The number of furan rings is 1. The van der Waals surface area contributed by atoms with Crippen molar-refractivity contribution < 1.29 is 18.7 Å². The summed E-state index contributed by atoms with van der Waals surface area (Å²) in [6.07, 6.45) is 3.69. The Morgan fingerprint density at radius 3 is 2.89 bits per heavy atom. The molecule has 6 nitrogen and oxygen atoms in total. The third kappa shape index (κ3) is 4.20. The van der Waals surface area contributed by atoms with Gasteiger partial charge in [-0.1, -0.05) is 18.2 Å². The summed E-state index contributed by atoms with van der Waals surface area (Å²) in [5, 5.41) is 3.37. The van der Waals surface area contributed by atoms with Crippen LogP contribution in [0.3, 0.4) is 0 Å². The fourth-order valence-electron chi connectivity index (χ4n) is 3.09. The molecule has 0 spiro atoms. The fraction of sp³-hybridized carbons (Fsp3) is 0.300. The van der Waals surface area contributed by atoms with Crippen molar-refractivity contribution in [1.82, 2.24) is 10.2 Å². The van der Waals surface area contributed by atoms with Crippen LogP contribution in [-0.2, 0) is 16.1 Å². The Balaban J connectivity index is 1.39. The number of benzene rings is 1. The molecule has 1 atom stereocenters. The Morgan fingerprint density at radius 2 is 2.11 bits per heavy atom. The topological polar surface area (TPSA) is 63.9 Å². The normalized spacial score (nSPS) is 21.1. The van der Waals surface area contributed by atoms with Crippen molar-refractivity contribution in [2.24, 2.45) is 0 Å². The van der Waals surface area contributed by atoms with Gasteiger partial charge in [-0.3, -0.25) is 9.69 Å². The minimum atomic E-state index is -0.158. The summed E-state index contributed by atoms with van der Waals surface area (Å²) in [4.78, 5) is 14.2. The monoisotopic (exact) mass is 384 g/mol. The van der Waals surface area contributed by atoms with Crippen LogP contribution in [0.15, 0.2) is 52.6 Å². The molecule has 1 amide bonds. The van der Waals surface area contributed by atoms with Crippen molar-refractivity contribution in [2.45, 2.75) is 25.6 Å². The summed E-state index contributed by atoms with van der Waals surface area (Å²) in [7, 11) is 0. The second-order valence-corrected chi connectivity index (χ2v) is 6.83. The largest absolute Gasteiger partial charge is 0.486 e. The molecule has 140 valence electrons. The molecule has 27 heavy (non-hydrogen) atoms. The number of para-hydroxylation sites is 1. The van der Waals surface area contributed by atoms with Crippen LogP contribution in [0.1, 0.15) is 24.4 Å². The lowest BCUT2D eigenvalue weighted by molar-refractivity contribution is -0.123. The highest BCUT2D eigenvalue weighted by molar-refractivity contribution is 7.80. The van der Waals surface area contributed by atoms with Crippen LogP contribution in [0.4, 0.5) is 0 Å². The lowest BCUT2D eigenvalue weighted by atomic mass is 10.2. The molecule has 0 unspecified atom stereocenters. The predicted octanol–water partition coefficient (Wildman–Crippen LogP) is 3.10. The van der Waals surface area contributed by atoms with Crippen LogP contribution in [0.2, 0.25) is 0 Å². The molecule has 7 heteroatoms. The minimum absolute atomic E-state index is 0.0541. The first-order valence-electron chi connectivity index (χ1n) is 8.92. The highest BCUT2D eigenvalue weighted by Gasteiger charge is 2.33. The van der Waals surface area contributed by atoms with Crippen LogP contribution in [-0.4, -0.2) is 35.2 Å². The van der Waals surface area contributed by atoms with Gasteiger partial charge in [0.05, 0.1) is 12.6 Å². The fourth-order valence-corrected chi connectivity index (χ4v) is 3.36. The van der Waals surface area contributed by atoms with E-state index in [0.717, 1.165) is 25.2 Å². The molecular formula is C20H20N2O4S. The van der Waals surface area contributed by atoms with Crippen LogP contribution >= 0.6 is 12.2 Å². The third-order valence-corrected chi connectivity index (χ3v) is 4.79. The van der Waals surface area contributed by atoms with Gasteiger partial charge in [0, 0.05) is 12.7 Å². The number of hydrogen-bond donors (Lipinski definition) is 1. The Bertz CT molecular complexity index is 856. The van der Waals surface area contributed by atoms with Gasteiger partial charge in [0.25, 0.3) is 5.91 Å². The maximum Gasteiger partial charge on any atom is 0.276 e. The number of ether oxygens (including phenoxy) is 2. The van der Waals surface area contributed by atoms with Gasteiger partial charge in [0.1, 0.15) is 29.6 Å². The predicted molar refractivity (Wildman–Crippen MR) is 104 cm³/mol. The molecule has 1 N–H and O–H groups in total. The van der Waals surface area contributed by atoms with Crippen LogP contribution in [0.25, 0.3) is 6.08 Å². The maximum atomic E-state index is 12.6. The molecule has 0 radical (unpaired) electrons. The minimum Gasteiger partial charge on any atom is -0.486 e. The number of amides is 1. The van der Waals surface area contributed by atoms with E-state index in [4.69, 9.17) is 26.1 Å². The van der Waals surface area contributed by atoms with E-state index in [1.54, 1.807) is 17.0 Å². The van der Waals surface area contributed by atoms with Gasteiger partial charge in [-0.2, -0.15) is 0 Å². The van der Waals surface area contributed by atoms with Gasteiger partial charge in [0.15, 0.2) is 5.11 Å². The van der Waals surface area contributed by atoms with Gasteiger partial charge in [-0.25, -0.2) is 0 Å². The smallest absolute Gasteiger partial charge is 0.276 e. The third-order valence-electron chi connectivity index (χ3n) is 4.47. The van der Waals surface area contributed by atoms with E-state index >= 15 is 0 Å². The van der Waals surface area contributed by atoms with Crippen LogP contribution in [0, 0.1) is 0 Å². The second-order valence-electron chi connectivity index (χ2n) is 6.44. The average molecular weight is 384 g/mol. The quantitative estimate of drug-likeness (QED) is 0.610. The molecule has 0 bridgehead atoms. The van der Waals surface area contributed by atoms with Crippen molar-refractivity contribution in [1.29, 1.82) is 0 Å². The summed E-state index contributed by atoms with van der Waals surface area (Å²) < 4.78 is 17.0. The molecule has 2 saturated heterocycles. The average Bonchev–Trinajstić information content (AvgIpc) is 3.40.